The molecule has 3 nitrogen and oxygen atoms in total. The summed E-state index contributed by atoms with van der Waals surface area (Å²) in [6, 6.07) is 1.51. The first-order chi connectivity index (χ1) is 6.88. The quantitative estimate of drug-likeness (QED) is 0.929. The molecule has 84 valence electrons. The molecule has 1 rings (SSSR count). The average Bonchev–Trinajstić information content (AvgIpc) is 2.07. The van der Waals surface area contributed by atoms with Crippen LogP contribution >= 0.6 is 15.9 Å². The van der Waals surface area contributed by atoms with Gasteiger partial charge in [-0.15, -0.1) is 0 Å². The summed E-state index contributed by atoms with van der Waals surface area (Å²) in [6.07, 6.45) is -3.92. The van der Waals surface area contributed by atoms with Gasteiger partial charge in [0.2, 0.25) is 5.88 Å². The van der Waals surface area contributed by atoms with Gasteiger partial charge in [0.05, 0.1) is 29.4 Å². The number of rotatable bonds is 3. The Morgan fingerprint density at radius 3 is 2.67 bits per heavy atom. The minimum Gasteiger partial charge on any atom is -0.477 e. The summed E-state index contributed by atoms with van der Waals surface area (Å²) in [5.74, 6) is 0.105. The van der Waals surface area contributed by atoms with Gasteiger partial charge in [0.1, 0.15) is 0 Å². The number of pyridine rings is 1. The molecule has 0 atom stereocenters. The number of hydrogen-bond acceptors (Lipinski definition) is 3. The van der Waals surface area contributed by atoms with E-state index in [4.69, 9.17) is 10.5 Å². The molecular formula is C8H8BrF3N2O. The molecule has 0 bridgehead atoms. The van der Waals surface area contributed by atoms with Crippen LogP contribution in [0.2, 0.25) is 0 Å². The second kappa shape index (κ2) is 4.69. The molecule has 0 aliphatic carbocycles. The van der Waals surface area contributed by atoms with Crippen molar-refractivity contribution in [2.45, 2.75) is 12.6 Å². The number of halogens is 4. The van der Waals surface area contributed by atoms with Crippen molar-refractivity contribution in [3.05, 3.63) is 16.7 Å². The number of hydrogen-bond donors (Lipinski definition) is 1. The summed E-state index contributed by atoms with van der Waals surface area (Å²) in [7, 11) is 0. The zero-order valence-electron chi connectivity index (χ0n) is 7.51. The van der Waals surface area contributed by atoms with E-state index in [-0.39, 0.29) is 5.88 Å². The topological polar surface area (TPSA) is 48.1 Å². The molecule has 0 aliphatic heterocycles. The summed E-state index contributed by atoms with van der Waals surface area (Å²) in [5.41, 5.74) is 5.80. The summed E-state index contributed by atoms with van der Waals surface area (Å²) in [5, 5.41) is 0. The Hall–Kier alpha value is -0.980. The highest BCUT2D eigenvalue weighted by Crippen LogP contribution is 2.25. The van der Waals surface area contributed by atoms with Crippen LogP contribution in [0.25, 0.3) is 0 Å². The molecule has 1 aromatic heterocycles. The van der Waals surface area contributed by atoms with E-state index in [0.29, 0.717) is 10.2 Å². The molecule has 1 heterocycles. The van der Waals surface area contributed by atoms with Gasteiger partial charge in [0.25, 0.3) is 0 Å². The fourth-order valence-corrected chi connectivity index (χ4v) is 1.29. The molecule has 2 N–H and O–H groups in total. The van der Waals surface area contributed by atoms with E-state index in [1.807, 2.05) is 0 Å². The van der Waals surface area contributed by atoms with Crippen LogP contribution in [0.1, 0.15) is 6.42 Å². The van der Waals surface area contributed by atoms with Crippen LogP contribution in [0.5, 0.6) is 5.88 Å². The van der Waals surface area contributed by atoms with Gasteiger partial charge in [-0.3, -0.25) is 0 Å². The van der Waals surface area contributed by atoms with Crippen LogP contribution in [0.4, 0.5) is 18.9 Å². The van der Waals surface area contributed by atoms with E-state index in [9.17, 15) is 13.2 Å². The monoisotopic (exact) mass is 284 g/mol. The highest BCUT2D eigenvalue weighted by Gasteiger charge is 2.27. The van der Waals surface area contributed by atoms with E-state index in [0.717, 1.165) is 0 Å². The van der Waals surface area contributed by atoms with Crippen LogP contribution in [-0.2, 0) is 0 Å². The lowest BCUT2D eigenvalue weighted by atomic mass is 10.4. The van der Waals surface area contributed by atoms with Crippen LogP contribution in [0, 0.1) is 0 Å². The van der Waals surface area contributed by atoms with Crippen molar-refractivity contribution in [3.8, 4) is 5.88 Å². The Kier molecular flexibility index (Phi) is 3.78. The van der Waals surface area contributed by atoms with Crippen LogP contribution in [0.3, 0.4) is 0 Å². The smallest absolute Gasteiger partial charge is 0.392 e. The number of ether oxygens (including phenoxy) is 1. The van der Waals surface area contributed by atoms with E-state index in [1.54, 1.807) is 0 Å². The number of alkyl halides is 3. The zero-order chi connectivity index (χ0) is 11.5. The van der Waals surface area contributed by atoms with Gasteiger partial charge in [-0.2, -0.15) is 13.2 Å². The standard InChI is InChI=1S/C8H8BrF3N2O/c9-6-3-5(13)4-14-7(6)15-2-1-8(10,11)12/h3-4H,1-2,13H2. The summed E-state index contributed by atoms with van der Waals surface area (Å²) in [4.78, 5) is 3.74. The Bertz CT molecular complexity index is 343. The third kappa shape index (κ3) is 4.37. The van der Waals surface area contributed by atoms with Crippen LogP contribution < -0.4 is 10.5 Å². The van der Waals surface area contributed by atoms with E-state index in [2.05, 4.69) is 20.9 Å². The van der Waals surface area contributed by atoms with Crippen molar-refractivity contribution in [1.82, 2.24) is 4.98 Å². The minimum atomic E-state index is -4.22. The second-order valence-corrected chi connectivity index (χ2v) is 3.62. The van der Waals surface area contributed by atoms with Crippen molar-refractivity contribution >= 4 is 21.6 Å². The molecule has 0 spiro atoms. The number of nitrogen functional groups attached to an aromatic ring is 1. The number of anilines is 1. The van der Waals surface area contributed by atoms with Crippen molar-refractivity contribution in [3.63, 3.8) is 0 Å². The maximum Gasteiger partial charge on any atom is 0.392 e. The molecule has 0 radical (unpaired) electrons. The molecule has 0 amide bonds. The second-order valence-electron chi connectivity index (χ2n) is 2.77. The largest absolute Gasteiger partial charge is 0.477 e. The first-order valence-electron chi connectivity index (χ1n) is 3.99. The maximum atomic E-state index is 11.8. The number of nitrogens with zero attached hydrogens (tertiary/aromatic N) is 1. The summed E-state index contributed by atoms with van der Waals surface area (Å²) in [6.45, 7) is -0.459. The molecule has 0 fully saturated rings. The van der Waals surface area contributed by atoms with Crippen molar-refractivity contribution < 1.29 is 17.9 Å². The molecule has 0 saturated carbocycles. The molecular weight excluding hydrogens is 277 g/mol. The van der Waals surface area contributed by atoms with Crippen molar-refractivity contribution in [2.24, 2.45) is 0 Å². The third-order valence-corrected chi connectivity index (χ3v) is 2.02. The van der Waals surface area contributed by atoms with Gasteiger partial charge in [-0.25, -0.2) is 4.98 Å². The fourth-order valence-electron chi connectivity index (χ4n) is 0.810. The lowest BCUT2D eigenvalue weighted by Gasteiger charge is -2.09. The Morgan fingerprint density at radius 1 is 1.47 bits per heavy atom. The highest BCUT2D eigenvalue weighted by molar-refractivity contribution is 9.10. The predicted molar refractivity (Wildman–Crippen MR) is 52.5 cm³/mol. The third-order valence-electron chi connectivity index (χ3n) is 1.45. The van der Waals surface area contributed by atoms with Crippen LogP contribution in [0.15, 0.2) is 16.7 Å². The lowest BCUT2D eigenvalue weighted by Crippen LogP contribution is -2.13. The Balaban J connectivity index is 2.51. The summed E-state index contributed by atoms with van der Waals surface area (Å²) >= 11 is 3.08. The van der Waals surface area contributed by atoms with Crippen molar-refractivity contribution in [1.29, 1.82) is 0 Å². The average molecular weight is 285 g/mol. The Labute approximate surface area is 92.6 Å². The first kappa shape index (κ1) is 12.1. The van der Waals surface area contributed by atoms with Gasteiger partial charge in [-0.1, -0.05) is 0 Å². The molecule has 7 heteroatoms. The minimum absolute atomic E-state index is 0.105. The first-order valence-corrected chi connectivity index (χ1v) is 4.78. The normalized spacial score (nSPS) is 11.5. The van der Waals surface area contributed by atoms with Gasteiger partial charge in [0.15, 0.2) is 0 Å². The molecule has 0 unspecified atom stereocenters. The van der Waals surface area contributed by atoms with Gasteiger partial charge >= 0.3 is 6.18 Å². The summed E-state index contributed by atoms with van der Waals surface area (Å²) < 4.78 is 40.6. The molecule has 0 aromatic carbocycles. The van der Waals surface area contributed by atoms with E-state index < -0.39 is 19.2 Å². The lowest BCUT2D eigenvalue weighted by molar-refractivity contribution is -0.139. The van der Waals surface area contributed by atoms with Gasteiger partial charge in [0, 0.05) is 0 Å². The zero-order valence-corrected chi connectivity index (χ0v) is 9.10. The van der Waals surface area contributed by atoms with E-state index >= 15 is 0 Å². The van der Waals surface area contributed by atoms with Gasteiger partial charge in [-0.05, 0) is 22.0 Å². The molecule has 1 aromatic rings. The molecule has 0 aliphatic rings. The maximum absolute atomic E-state index is 11.8. The number of aromatic nitrogens is 1. The SMILES string of the molecule is Nc1cnc(OCCC(F)(F)F)c(Br)c1. The molecule has 15 heavy (non-hydrogen) atoms. The molecule has 0 saturated heterocycles. The predicted octanol–water partition coefficient (Wildman–Crippen LogP) is 2.76. The van der Waals surface area contributed by atoms with Crippen molar-refractivity contribution in [2.75, 3.05) is 12.3 Å². The van der Waals surface area contributed by atoms with E-state index in [1.165, 1.54) is 12.3 Å². The fraction of sp³-hybridized carbons (Fsp3) is 0.375. The number of nitrogens with two attached hydrogens (primary N) is 1. The Morgan fingerprint density at radius 2 is 2.13 bits per heavy atom. The van der Waals surface area contributed by atoms with Gasteiger partial charge < -0.3 is 10.5 Å². The highest BCUT2D eigenvalue weighted by atomic mass is 79.9. The van der Waals surface area contributed by atoms with Crippen LogP contribution in [-0.4, -0.2) is 17.8 Å².